The number of nitrogens with one attached hydrogen (secondary N) is 1. The van der Waals surface area contributed by atoms with Crippen LogP contribution >= 0.6 is 0 Å². The molecule has 2 aromatic rings. The highest BCUT2D eigenvalue weighted by molar-refractivity contribution is 5.10. The van der Waals surface area contributed by atoms with E-state index in [1.165, 1.54) is 5.56 Å². The van der Waals surface area contributed by atoms with Gasteiger partial charge in [-0.2, -0.15) is 5.10 Å². The van der Waals surface area contributed by atoms with Gasteiger partial charge in [-0.3, -0.25) is 4.68 Å². The number of hydrogen-bond donors (Lipinski definition) is 1. The molecule has 1 N–H and O–H groups in total. The van der Waals surface area contributed by atoms with Crippen molar-refractivity contribution in [2.24, 2.45) is 7.05 Å². The zero-order valence-electron chi connectivity index (χ0n) is 12.5. The molecule has 0 aliphatic carbocycles. The molecular formula is C15H23N5. The Hall–Kier alpha value is -1.75. The molecule has 0 spiro atoms. The molecule has 0 amide bonds. The molecule has 0 radical (unpaired) electrons. The predicted octanol–water partition coefficient (Wildman–Crippen LogP) is 2.19. The second kappa shape index (κ2) is 7.14. The van der Waals surface area contributed by atoms with E-state index in [9.17, 15) is 0 Å². The van der Waals surface area contributed by atoms with E-state index in [0.717, 1.165) is 37.3 Å². The molecule has 1 atom stereocenters. The van der Waals surface area contributed by atoms with Crippen LogP contribution in [-0.4, -0.2) is 26.3 Å². The first-order valence-electron chi connectivity index (χ1n) is 7.19. The van der Waals surface area contributed by atoms with Gasteiger partial charge in [-0.25, -0.2) is 9.97 Å². The normalized spacial score (nSPS) is 12.6. The molecule has 108 valence electrons. The van der Waals surface area contributed by atoms with Crippen molar-refractivity contribution in [3.05, 3.63) is 41.7 Å². The Morgan fingerprint density at radius 1 is 1.40 bits per heavy atom. The zero-order valence-corrected chi connectivity index (χ0v) is 12.5. The van der Waals surface area contributed by atoms with Crippen LogP contribution in [0.15, 0.2) is 24.7 Å². The van der Waals surface area contributed by atoms with Crippen LogP contribution < -0.4 is 5.32 Å². The molecule has 2 aromatic heterocycles. The van der Waals surface area contributed by atoms with Gasteiger partial charge in [0.25, 0.3) is 0 Å². The van der Waals surface area contributed by atoms with Crippen molar-refractivity contribution in [3.63, 3.8) is 0 Å². The number of aryl methyl sites for hydroxylation is 3. The lowest BCUT2D eigenvalue weighted by molar-refractivity contribution is 0.487. The smallest absolute Gasteiger partial charge is 0.125 e. The minimum atomic E-state index is 0.275. The summed E-state index contributed by atoms with van der Waals surface area (Å²) in [5.41, 5.74) is 2.34. The fourth-order valence-corrected chi connectivity index (χ4v) is 2.25. The van der Waals surface area contributed by atoms with Gasteiger partial charge in [0.15, 0.2) is 0 Å². The molecule has 20 heavy (non-hydrogen) atoms. The zero-order chi connectivity index (χ0) is 14.4. The Bertz CT molecular complexity index is 535. The highest BCUT2D eigenvalue weighted by Crippen LogP contribution is 2.17. The Kier molecular flexibility index (Phi) is 5.24. The van der Waals surface area contributed by atoms with Crippen molar-refractivity contribution in [1.29, 1.82) is 0 Å². The van der Waals surface area contributed by atoms with Crippen molar-refractivity contribution in [1.82, 2.24) is 25.1 Å². The van der Waals surface area contributed by atoms with E-state index in [2.05, 4.69) is 33.5 Å². The van der Waals surface area contributed by atoms with Crippen LogP contribution in [0.2, 0.25) is 0 Å². The minimum Gasteiger partial charge on any atom is -0.309 e. The number of rotatable bonds is 7. The van der Waals surface area contributed by atoms with E-state index in [1.54, 1.807) is 0 Å². The fraction of sp³-hybridized carbons (Fsp3) is 0.533. The van der Waals surface area contributed by atoms with Crippen molar-refractivity contribution < 1.29 is 0 Å². The molecule has 0 saturated carbocycles. The summed E-state index contributed by atoms with van der Waals surface area (Å²) in [5, 5.41) is 7.79. The average molecular weight is 273 g/mol. The lowest BCUT2D eigenvalue weighted by atomic mass is 10.0. The van der Waals surface area contributed by atoms with Gasteiger partial charge in [0, 0.05) is 25.5 Å². The van der Waals surface area contributed by atoms with Gasteiger partial charge < -0.3 is 5.32 Å². The first-order valence-corrected chi connectivity index (χ1v) is 7.19. The third-order valence-corrected chi connectivity index (χ3v) is 3.28. The summed E-state index contributed by atoms with van der Waals surface area (Å²) < 4.78 is 1.85. The first kappa shape index (κ1) is 14.7. The van der Waals surface area contributed by atoms with Crippen molar-refractivity contribution in [3.8, 4) is 0 Å². The maximum atomic E-state index is 4.55. The van der Waals surface area contributed by atoms with Gasteiger partial charge in [0.2, 0.25) is 0 Å². The predicted molar refractivity (Wildman–Crippen MR) is 79.3 cm³/mol. The molecule has 2 heterocycles. The van der Waals surface area contributed by atoms with E-state index in [4.69, 9.17) is 0 Å². The van der Waals surface area contributed by atoms with Gasteiger partial charge in [-0.05, 0) is 44.4 Å². The summed E-state index contributed by atoms with van der Waals surface area (Å²) in [7, 11) is 1.95. The molecule has 2 rings (SSSR count). The number of nitrogens with zero attached hydrogens (tertiary/aromatic N) is 4. The number of hydrogen-bond acceptors (Lipinski definition) is 4. The molecule has 0 aliphatic rings. The van der Waals surface area contributed by atoms with Gasteiger partial charge in [-0.1, -0.05) is 6.92 Å². The lowest BCUT2D eigenvalue weighted by Crippen LogP contribution is -2.24. The largest absolute Gasteiger partial charge is 0.309 e. The maximum Gasteiger partial charge on any atom is 0.125 e. The Labute approximate surface area is 120 Å². The monoisotopic (exact) mass is 273 g/mol. The highest BCUT2D eigenvalue weighted by Gasteiger charge is 2.13. The summed E-state index contributed by atoms with van der Waals surface area (Å²) in [6.07, 6.45) is 8.97. The summed E-state index contributed by atoms with van der Waals surface area (Å²) in [4.78, 5) is 8.72. The van der Waals surface area contributed by atoms with Gasteiger partial charge in [-0.15, -0.1) is 0 Å². The molecule has 1 unspecified atom stereocenters. The SMILES string of the molecule is CCCNC(CCc1cnn(C)c1)c1ccnc(C)n1. The van der Waals surface area contributed by atoms with Crippen LogP contribution in [-0.2, 0) is 13.5 Å². The van der Waals surface area contributed by atoms with Gasteiger partial charge in [0.05, 0.1) is 11.9 Å². The van der Waals surface area contributed by atoms with E-state index in [1.807, 2.05) is 37.1 Å². The third kappa shape index (κ3) is 4.13. The Balaban J connectivity index is 2.03. The van der Waals surface area contributed by atoms with Crippen LogP contribution in [0.25, 0.3) is 0 Å². The van der Waals surface area contributed by atoms with Crippen LogP contribution in [0, 0.1) is 6.92 Å². The second-order valence-electron chi connectivity index (χ2n) is 5.10. The first-order chi connectivity index (χ1) is 9.69. The standard InChI is InChI=1S/C15H23N5/c1-4-8-17-14(15-7-9-16-12(2)19-15)6-5-13-10-18-20(3)11-13/h7,9-11,14,17H,4-6,8H2,1-3H3. The van der Waals surface area contributed by atoms with Crippen molar-refractivity contribution in [2.75, 3.05) is 6.54 Å². The maximum absolute atomic E-state index is 4.55. The Morgan fingerprint density at radius 2 is 2.25 bits per heavy atom. The molecule has 0 bridgehead atoms. The van der Waals surface area contributed by atoms with Gasteiger partial charge >= 0.3 is 0 Å². The third-order valence-electron chi connectivity index (χ3n) is 3.28. The molecular weight excluding hydrogens is 250 g/mol. The van der Waals surface area contributed by atoms with Crippen LogP contribution in [0.4, 0.5) is 0 Å². The van der Waals surface area contributed by atoms with Crippen LogP contribution in [0.1, 0.15) is 42.9 Å². The molecule has 5 heteroatoms. The highest BCUT2D eigenvalue weighted by atomic mass is 15.2. The summed E-state index contributed by atoms with van der Waals surface area (Å²) >= 11 is 0. The van der Waals surface area contributed by atoms with Crippen molar-refractivity contribution >= 4 is 0 Å². The summed E-state index contributed by atoms with van der Waals surface area (Å²) in [6.45, 7) is 5.11. The second-order valence-corrected chi connectivity index (χ2v) is 5.10. The molecule has 0 fully saturated rings. The van der Waals surface area contributed by atoms with Crippen molar-refractivity contribution in [2.45, 2.75) is 39.2 Å². The summed E-state index contributed by atoms with van der Waals surface area (Å²) in [5.74, 6) is 0.826. The molecule has 5 nitrogen and oxygen atoms in total. The van der Waals surface area contributed by atoms with Gasteiger partial charge in [0.1, 0.15) is 5.82 Å². The Morgan fingerprint density at radius 3 is 2.90 bits per heavy atom. The van der Waals surface area contributed by atoms with E-state index in [0.29, 0.717) is 0 Å². The van der Waals surface area contributed by atoms with Crippen LogP contribution in [0.3, 0.4) is 0 Å². The van der Waals surface area contributed by atoms with E-state index in [-0.39, 0.29) is 6.04 Å². The number of aromatic nitrogens is 4. The molecule has 0 saturated heterocycles. The molecule has 0 aliphatic heterocycles. The van der Waals surface area contributed by atoms with E-state index < -0.39 is 0 Å². The lowest BCUT2D eigenvalue weighted by Gasteiger charge is -2.17. The fourth-order valence-electron chi connectivity index (χ4n) is 2.25. The topological polar surface area (TPSA) is 55.6 Å². The quantitative estimate of drug-likeness (QED) is 0.840. The minimum absolute atomic E-state index is 0.275. The average Bonchev–Trinajstić information content (AvgIpc) is 2.85. The van der Waals surface area contributed by atoms with Crippen LogP contribution in [0.5, 0.6) is 0 Å². The summed E-state index contributed by atoms with van der Waals surface area (Å²) in [6, 6.07) is 2.28. The van der Waals surface area contributed by atoms with E-state index >= 15 is 0 Å². The molecule has 0 aromatic carbocycles.